The van der Waals surface area contributed by atoms with Crippen LogP contribution in [0, 0.1) is 52.8 Å². The van der Waals surface area contributed by atoms with E-state index in [1.165, 1.54) is 14.0 Å². The van der Waals surface area contributed by atoms with Gasteiger partial charge in [0.2, 0.25) is 5.79 Å². The van der Waals surface area contributed by atoms with Crippen LogP contribution in [0.4, 0.5) is 0 Å². The van der Waals surface area contributed by atoms with Crippen LogP contribution in [-0.2, 0) is 47.7 Å². The lowest BCUT2D eigenvalue weighted by Gasteiger charge is -2.43. The number of nitrogens with zero attached hydrogens (tertiary/aromatic N) is 1. The number of methoxy groups -OCH3 is 1. The van der Waals surface area contributed by atoms with E-state index in [9.17, 15) is 59.4 Å². The summed E-state index contributed by atoms with van der Waals surface area (Å²) in [6.45, 7) is 11.6. The monoisotopic (exact) mass is 1030 g/mol. The number of cyclic esters (lactones) is 1. The Kier molecular flexibility index (Phi) is 23.9. The molecule has 2 bridgehead atoms. The number of hydrogen-bond acceptors (Lipinski definition) is 16. The topological polar surface area (TPSA) is 264 Å². The predicted molar refractivity (Wildman–Crippen MR) is 271 cm³/mol. The molecule has 1 unspecified atom stereocenters. The van der Waals surface area contributed by atoms with Crippen LogP contribution >= 0.6 is 0 Å². The van der Waals surface area contributed by atoms with Gasteiger partial charge in [0, 0.05) is 50.4 Å². The molecule has 2 saturated heterocycles. The lowest BCUT2D eigenvalue weighted by Crippen LogP contribution is -2.60. The molecular formula is C56H87NO16. The number of Topliss-reactive ketones (excluding diaryl/α,β-unsaturated/α-hetero) is 3. The molecule has 0 aromatic carbocycles. The third-order valence-electron chi connectivity index (χ3n) is 16.2. The smallest absolute Gasteiger partial charge is 0.329 e. The quantitative estimate of drug-likeness (QED) is 0.0965. The second kappa shape index (κ2) is 28.3. The zero-order valence-corrected chi connectivity index (χ0v) is 44.8. The number of carbonyl (C=O) groups is 6. The summed E-state index contributed by atoms with van der Waals surface area (Å²) in [6.07, 6.45) is 10.7. The first-order valence-electron chi connectivity index (χ1n) is 26.6. The Balaban J connectivity index is 1.69. The van der Waals surface area contributed by atoms with Gasteiger partial charge in [-0.3, -0.25) is 24.0 Å². The third-order valence-corrected chi connectivity index (χ3v) is 16.2. The number of aliphatic hydroxyl groups is 6. The number of fused-ring (bicyclic) bond motifs is 3. The molecule has 412 valence electrons. The molecule has 17 nitrogen and oxygen atoms in total. The maximum Gasteiger partial charge on any atom is 0.329 e. The van der Waals surface area contributed by atoms with E-state index in [-0.39, 0.29) is 55.8 Å². The van der Waals surface area contributed by atoms with Crippen LogP contribution in [0.5, 0.6) is 0 Å². The Bertz CT molecular complexity index is 2010. The van der Waals surface area contributed by atoms with Gasteiger partial charge in [-0.2, -0.15) is 0 Å². The van der Waals surface area contributed by atoms with Crippen LogP contribution in [0.3, 0.4) is 0 Å². The maximum atomic E-state index is 14.5. The predicted octanol–water partition coefficient (Wildman–Crippen LogP) is 4.91. The van der Waals surface area contributed by atoms with Crippen molar-refractivity contribution in [2.24, 2.45) is 52.8 Å². The molecule has 0 spiro atoms. The third kappa shape index (κ3) is 16.0. The fourth-order valence-corrected chi connectivity index (χ4v) is 10.8. The van der Waals surface area contributed by atoms with Gasteiger partial charge in [-0.15, -0.1) is 0 Å². The van der Waals surface area contributed by atoms with E-state index in [2.05, 4.69) is 0 Å². The molecule has 3 aliphatic heterocycles. The summed E-state index contributed by atoms with van der Waals surface area (Å²) < 4.78 is 23.9. The minimum atomic E-state index is -2.50. The van der Waals surface area contributed by atoms with Crippen LogP contribution in [0.1, 0.15) is 132 Å². The highest BCUT2D eigenvalue weighted by Gasteiger charge is 2.53. The molecule has 1 saturated carbocycles. The molecule has 1 aliphatic carbocycles. The Morgan fingerprint density at radius 2 is 1.58 bits per heavy atom. The molecule has 17 heteroatoms. The summed E-state index contributed by atoms with van der Waals surface area (Å²) in [5.41, 5.74) is -0.365. The average Bonchev–Trinajstić information content (AvgIpc) is 3.37. The van der Waals surface area contributed by atoms with Gasteiger partial charge < -0.3 is 54.5 Å². The summed E-state index contributed by atoms with van der Waals surface area (Å²) in [4.78, 5) is 85.2. The Morgan fingerprint density at radius 3 is 2.22 bits per heavy atom. The van der Waals surface area contributed by atoms with Gasteiger partial charge in [-0.25, -0.2) is 4.79 Å². The van der Waals surface area contributed by atoms with Crippen molar-refractivity contribution in [3.8, 4) is 0 Å². The first-order chi connectivity index (χ1) is 34.5. The molecule has 4 rings (SSSR count). The molecule has 0 radical (unpaired) electrons. The van der Waals surface area contributed by atoms with E-state index >= 15 is 0 Å². The summed E-state index contributed by atoms with van der Waals surface area (Å²) >= 11 is 0. The lowest BCUT2D eigenvalue weighted by atomic mass is 9.78. The number of ketones is 3. The van der Waals surface area contributed by atoms with Crippen LogP contribution < -0.4 is 0 Å². The number of allylic oxidation sites excluding steroid dienone is 6. The molecule has 6 N–H and O–H groups in total. The minimum absolute atomic E-state index is 0.0249. The van der Waals surface area contributed by atoms with Gasteiger partial charge in [-0.1, -0.05) is 76.6 Å². The van der Waals surface area contributed by atoms with Crippen LogP contribution in [0.25, 0.3) is 0 Å². The molecule has 73 heavy (non-hydrogen) atoms. The first-order valence-corrected chi connectivity index (χ1v) is 26.6. The van der Waals surface area contributed by atoms with Gasteiger partial charge in [0.25, 0.3) is 11.7 Å². The molecule has 1 amide bonds. The highest BCUT2D eigenvalue weighted by atomic mass is 16.6. The van der Waals surface area contributed by atoms with E-state index in [1.54, 1.807) is 33.8 Å². The largest absolute Gasteiger partial charge is 0.460 e. The number of esters is 2. The molecule has 0 aromatic heterocycles. The Labute approximate surface area is 432 Å². The van der Waals surface area contributed by atoms with E-state index in [0.29, 0.717) is 63.4 Å². The number of hydrogen-bond donors (Lipinski definition) is 6. The van der Waals surface area contributed by atoms with Crippen LogP contribution in [0.15, 0.2) is 47.6 Å². The summed E-state index contributed by atoms with van der Waals surface area (Å²) in [5, 5.41) is 63.8. The summed E-state index contributed by atoms with van der Waals surface area (Å²) in [7, 11) is 1.50. The fraction of sp³-hybridized carbons (Fsp3) is 0.750. The van der Waals surface area contributed by atoms with Crippen molar-refractivity contribution in [2.75, 3.05) is 40.1 Å². The first kappa shape index (κ1) is 61.6. The van der Waals surface area contributed by atoms with Crippen molar-refractivity contribution in [2.45, 2.75) is 175 Å². The maximum absolute atomic E-state index is 14.5. The molecule has 0 aromatic rings. The molecular weight excluding hydrogens is 943 g/mol. The van der Waals surface area contributed by atoms with Crippen molar-refractivity contribution in [1.82, 2.24) is 4.90 Å². The van der Waals surface area contributed by atoms with Gasteiger partial charge in [0.1, 0.15) is 35.2 Å². The number of amides is 1. The molecule has 4 aliphatic rings. The lowest BCUT2D eigenvalue weighted by molar-refractivity contribution is -0.265. The van der Waals surface area contributed by atoms with Crippen molar-refractivity contribution in [3.63, 3.8) is 0 Å². The number of ether oxygens (including phenoxy) is 4. The number of rotatable bonds is 10. The van der Waals surface area contributed by atoms with Gasteiger partial charge >= 0.3 is 11.9 Å². The molecule has 15 atom stereocenters. The molecule has 3 heterocycles. The van der Waals surface area contributed by atoms with Crippen LogP contribution in [0.2, 0.25) is 0 Å². The second-order valence-corrected chi connectivity index (χ2v) is 22.1. The Hall–Kier alpha value is -3.94. The van der Waals surface area contributed by atoms with Gasteiger partial charge in [0.15, 0.2) is 0 Å². The van der Waals surface area contributed by atoms with E-state index in [4.69, 9.17) is 18.9 Å². The zero-order chi connectivity index (χ0) is 54.4. The Morgan fingerprint density at radius 1 is 0.877 bits per heavy atom. The number of aliphatic hydroxyl groups excluding tert-OH is 5. The highest BCUT2D eigenvalue weighted by Crippen LogP contribution is 2.39. The molecule has 3 fully saturated rings. The van der Waals surface area contributed by atoms with Gasteiger partial charge in [-0.05, 0) is 115 Å². The zero-order valence-electron chi connectivity index (χ0n) is 44.8. The second-order valence-electron chi connectivity index (χ2n) is 22.1. The highest BCUT2D eigenvalue weighted by molar-refractivity contribution is 6.39. The van der Waals surface area contributed by atoms with Crippen molar-refractivity contribution < 1.29 is 78.4 Å². The minimum Gasteiger partial charge on any atom is -0.460 e. The normalized spacial score (nSPS) is 37.4. The van der Waals surface area contributed by atoms with E-state index < -0.39 is 127 Å². The SMILES string of the molecule is CO[C@@H]1C[C@H](C[C@@H](C)[C@@H]2CC(=O)[C@H](C)/C=C(\C)[C@@H](O)C(CO)C(=O)[C@H](C)C[C@H](C)/C=C/C=C/C=C(\C)[C@@H](CO)C[C@@H]3CC[C@@H](C)[C@@](O)(O3)C(=O)C(=O)N3CCCC[C@H]3C(=O)O2)CC[C@H]1OC(=O)C(C)(CO)CO. The standard InChI is InChI=1S/C56H87NO16/c1-33-15-11-10-12-16-34(2)41(29-58)27-42-20-18-39(7)56(69,73-42)51(65)52(66)57-22-14-13-17-44(57)53(67)71-47(28-45(62)35(3)24-38(6)50(64)43(30-59)49(63)37(5)23-33)36(4)25-40-19-21-46(48(26-40)70-9)72-54(68)55(8,31-60)32-61/h10-12,15-16,24,33,35-37,39-44,46-48,50,58-61,64,69H,13-14,17-23,25-32H2,1-9H3/b12-10+,15-11+,34-16+,38-24+/t33-,35-,36-,37-,39-,40+,41-,42+,43?,44+,46-,47+,48-,50-,56-/m1/s1. The van der Waals surface area contributed by atoms with Crippen molar-refractivity contribution in [3.05, 3.63) is 47.6 Å². The fourth-order valence-electron chi connectivity index (χ4n) is 10.8. The average molecular weight is 1030 g/mol. The van der Waals surface area contributed by atoms with Crippen LogP contribution in [-0.4, -0.2) is 153 Å². The summed E-state index contributed by atoms with van der Waals surface area (Å²) in [6, 6.07) is -1.22. The van der Waals surface area contributed by atoms with Crippen molar-refractivity contribution >= 4 is 35.2 Å². The number of piperidine rings is 1. The number of carbonyl (C=O) groups excluding carboxylic acids is 6. The van der Waals surface area contributed by atoms with E-state index in [1.807, 2.05) is 51.2 Å². The van der Waals surface area contributed by atoms with Gasteiger partial charge in [0.05, 0.1) is 44.1 Å². The van der Waals surface area contributed by atoms with E-state index in [0.717, 1.165) is 10.5 Å². The summed E-state index contributed by atoms with van der Waals surface area (Å²) in [5.74, 6) is -11.3. The van der Waals surface area contributed by atoms with Crippen molar-refractivity contribution in [1.29, 1.82) is 0 Å².